The number of hydrogen-bond acceptors (Lipinski definition) is 3. The van der Waals surface area contributed by atoms with Gasteiger partial charge in [0.05, 0.1) is 22.9 Å². The Hall–Kier alpha value is -2.04. The standard InChI is InChI=1S/C16H12BrF3N2O/c17-13-4-5-14(11(7-13)8-21)22-9-15(23)10-2-1-3-12(6-10)16(18,19)20/h1-7,15,22-23H,9H2. The highest BCUT2D eigenvalue weighted by molar-refractivity contribution is 9.10. The number of aliphatic hydroxyl groups is 1. The van der Waals surface area contributed by atoms with Gasteiger partial charge in [-0.2, -0.15) is 18.4 Å². The van der Waals surface area contributed by atoms with Gasteiger partial charge in [0.25, 0.3) is 0 Å². The molecule has 2 aromatic carbocycles. The van der Waals surface area contributed by atoms with Crippen molar-refractivity contribution in [2.75, 3.05) is 11.9 Å². The average Bonchev–Trinajstić information content (AvgIpc) is 2.52. The Balaban J connectivity index is 2.12. The number of nitriles is 1. The van der Waals surface area contributed by atoms with Gasteiger partial charge in [-0.05, 0) is 35.9 Å². The molecule has 0 aromatic heterocycles. The number of benzene rings is 2. The van der Waals surface area contributed by atoms with Crippen LogP contribution in [0.25, 0.3) is 0 Å². The van der Waals surface area contributed by atoms with Crippen LogP contribution >= 0.6 is 15.9 Å². The van der Waals surface area contributed by atoms with Gasteiger partial charge < -0.3 is 10.4 Å². The van der Waals surface area contributed by atoms with Gasteiger partial charge in [0.15, 0.2) is 0 Å². The zero-order chi connectivity index (χ0) is 17.0. The summed E-state index contributed by atoms with van der Waals surface area (Å²) in [6, 6.07) is 11.5. The number of alkyl halides is 3. The highest BCUT2D eigenvalue weighted by Gasteiger charge is 2.30. The van der Waals surface area contributed by atoms with Crippen molar-refractivity contribution >= 4 is 21.6 Å². The van der Waals surface area contributed by atoms with Crippen LogP contribution in [0.1, 0.15) is 22.8 Å². The third kappa shape index (κ3) is 4.47. The van der Waals surface area contributed by atoms with Crippen LogP contribution < -0.4 is 5.32 Å². The van der Waals surface area contributed by atoms with Crippen LogP contribution in [0.15, 0.2) is 46.9 Å². The van der Waals surface area contributed by atoms with E-state index >= 15 is 0 Å². The summed E-state index contributed by atoms with van der Waals surface area (Å²) >= 11 is 3.25. The topological polar surface area (TPSA) is 56.0 Å². The Kier molecular flexibility index (Phi) is 5.29. The van der Waals surface area contributed by atoms with Crippen LogP contribution in [0.2, 0.25) is 0 Å². The highest BCUT2D eigenvalue weighted by Crippen LogP contribution is 2.31. The quantitative estimate of drug-likeness (QED) is 0.816. The van der Waals surface area contributed by atoms with E-state index < -0.39 is 17.8 Å². The van der Waals surface area contributed by atoms with E-state index in [9.17, 15) is 18.3 Å². The molecule has 0 aliphatic rings. The first kappa shape index (κ1) is 17.3. The molecule has 0 aliphatic carbocycles. The van der Waals surface area contributed by atoms with Crippen LogP contribution in [0.4, 0.5) is 18.9 Å². The fourth-order valence-electron chi connectivity index (χ4n) is 2.01. The zero-order valence-corrected chi connectivity index (χ0v) is 13.3. The number of aliphatic hydroxyl groups excluding tert-OH is 1. The lowest BCUT2D eigenvalue weighted by Crippen LogP contribution is -2.14. The van der Waals surface area contributed by atoms with Crippen molar-refractivity contribution in [2.24, 2.45) is 0 Å². The van der Waals surface area contributed by atoms with E-state index in [4.69, 9.17) is 5.26 Å². The molecule has 0 radical (unpaired) electrons. The average molecular weight is 385 g/mol. The molecule has 0 saturated carbocycles. The lowest BCUT2D eigenvalue weighted by molar-refractivity contribution is -0.137. The number of nitrogens with one attached hydrogen (secondary N) is 1. The fourth-order valence-corrected chi connectivity index (χ4v) is 2.37. The molecule has 1 atom stereocenters. The van der Waals surface area contributed by atoms with Crippen LogP contribution in [0.5, 0.6) is 0 Å². The van der Waals surface area contributed by atoms with Crippen molar-refractivity contribution in [3.8, 4) is 6.07 Å². The maximum Gasteiger partial charge on any atom is 0.416 e. The minimum atomic E-state index is -4.46. The van der Waals surface area contributed by atoms with Gasteiger partial charge in [0.1, 0.15) is 6.07 Å². The monoisotopic (exact) mass is 384 g/mol. The predicted octanol–water partition coefficient (Wildman–Crippen LogP) is 4.49. The summed E-state index contributed by atoms with van der Waals surface area (Å²) in [6.07, 6.45) is -5.59. The van der Waals surface area contributed by atoms with Crippen molar-refractivity contribution in [3.63, 3.8) is 0 Å². The molecule has 0 fully saturated rings. The van der Waals surface area contributed by atoms with E-state index in [1.54, 1.807) is 18.2 Å². The summed E-state index contributed by atoms with van der Waals surface area (Å²) in [6.45, 7) is -0.0162. The molecule has 1 unspecified atom stereocenters. The predicted molar refractivity (Wildman–Crippen MR) is 83.8 cm³/mol. The van der Waals surface area contributed by atoms with Gasteiger partial charge in [-0.3, -0.25) is 0 Å². The van der Waals surface area contributed by atoms with Crippen molar-refractivity contribution < 1.29 is 18.3 Å². The van der Waals surface area contributed by atoms with Gasteiger partial charge in [0.2, 0.25) is 0 Å². The maximum absolute atomic E-state index is 12.7. The molecule has 0 spiro atoms. The van der Waals surface area contributed by atoms with Crippen LogP contribution in [-0.2, 0) is 6.18 Å². The lowest BCUT2D eigenvalue weighted by atomic mass is 10.1. The van der Waals surface area contributed by atoms with Crippen molar-refractivity contribution in [2.45, 2.75) is 12.3 Å². The van der Waals surface area contributed by atoms with E-state index in [-0.39, 0.29) is 12.1 Å². The second kappa shape index (κ2) is 7.02. The fraction of sp³-hybridized carbons (Fsp3) is 0.188. The van der Waals surface area contributed by atoms with Gasteiger partial charge >= 0.3 is 6.18 Å². The summed E-state index contributed by atoms with van der Waals surface area (Å²) in [5, 5.41) is 22.0. The summed E-state index contributed by atoms with van der Waals surface area (Å²) in [4.78, 5) is 0. The molecule has 2 N–H and O–H groups in total. The summed E-state index contributed by atoms with van der Waals surface area (Å²) in [5.74, 6) is 0. The molecule has 2 aromatic rings. The van der Waals surface area contributed by atoms with E-state index in [1.807, 2.05) is 6.07 Å². The Morgan fingerprint density at radius 2 is 1.96 bits per heavy atom. The number of anilines is 1. The molecule has 23 heavy (non-hydrogen) atoms. The lowest BCUT2D eigenvalue weighted by Gasteiger charge is -2.16. The second-order valence-electron chi connectivity index (χ2n) is 4.82. The van der Waals surface area contributed by atoms with Crippen LogP contribution in [0, 0.1) is 11.3 Å². The number of halogens is 4. The summed E-state index contributed by atoms with van der Waals surface area (Å²) in [5.41, 5.74) is 0.218. The first-order valence-electron chi connectivity index (χ1n) is 6.60. The van der Waals surface area contributed by atoms with E-state index in [2.05, 4.69) is 21.2 Å². The third-order valence-electron chi connectivity index (χ3n) is 3.19. The van der Waals surface area contributed by atoms with E-state index in [1.165, 1.54) is 12.1 Å². The third-order valence-corrected chi connectivity index (χ3v) is 3.68. The Morgan fingerprint density at radius 3 is 2.61 bits per heavy atom. The van der Waals surface area contributed by atoms with Gasteiger partial charge in [-0.15, -0.1) is 0 Å². The molecular weight excluding hydrogens is 373 g/mol. The molecule has 0 amide bonds. The van der Waals surface area contributed by atoms with Gasteiger partial charge in [0, 0.05) is 11.0 Å². The normalized spacial score (nSPS) is 12.5. The molecule has 0 saturated heterocycles. The van der Waals surface area contributed by atoms with Crippen molar-refractivity contribution in [3.05, 3.63) is 63.6 Å². The molecule has 120 valence electrons. The molecule has 0 heterocycles. The molecule has 2 rings (SSSR count). The van der Waals surface area contributed by atoms with Crippen molar-refractivity contribution in [1.29, 1.82) is 5.26 Å². The number of rotatable bonds is 4. The van der Waals surface area contributed by atoms with Crippen LogP contribution in [0.3, 0.4) is 0 Å². The largest absolute Gasteiger partial charge is 0.416 e. The molecule has 0 bridgehead atoms. The second-order valence-corrected chi connectivity index (χ2v) is 5.74. The molecular formula is C16H12BrF3N2O. The van der Waals surface area contributed by atoms with Gasteiger partial charge in [-0.25, -0.2) is 0 Å². The zero-order valence-electron chi connectivity index (χ0n) is 11.7. The smallest absolute Gasteiger partial charge is 0.387 e. The van der Waals surface area contributed by atoms with E-state index in [0.29, 0.717) is 11.3 Å². The summed E-state index contributed by atoms with van der Waals surface area (Å²) in [7, 11) is 0. The minimum absolute atomic E-state index is 0.0162. The number of hydrogen-bond donors (Lipinski definition) is 2. The molecule has 7 heteroatoms. The maximum atomic E-state index is 12.7. The van der Waals surface area contributed by atoms with Crippen molar-refractivity contribution in [1.82, 2.24) is 0 Å². The SMILES string of the molecule is N#Cc1cc(Br)ccc1NCC(O)c1cccc(C(F)(F)F)c1. The minimum Gasteiger partial charge on any atom is -0.387 e. The first-order chi connectivity index (χ1) is 10.8. The Morgan fingerprint density at radius 1 is 1.22 bits per heavy atom. The molecule has 0 aliphatic heterocycles. The van der Waals surface area contributed by atoms with Crippen LogP contribution in [-0.4, -0.2) is 11.7 Å². The van der Waals surface area contributed by atoms with E-state index in [0.717, 1.165) is 16.6 Å². The first-order valence-corrected chi connectivity index (χ1v) is 7.39. The highest BCUT2D eigenvalue weighted by atomic mass is 79.9. The Bertz CT molecular complexity index is 741. The Labute approximate surface area is 139 Å². The summed E-state index contributed by atoms with van der Waals surface area (Å²) < 4.78 is 38.8. The van der Waals surface area contributed by atoms with Gasteiger partial charge in [-0.1, -0.05) is 28.1 Å². The number of nitrogens with zero attached hydrogens (tertiary/aromatic N) is 1. The molecule has 3 nitrogen and oxygen atoms in total.